The molecule has 1 aliphatic carbocycles. The van der Waals surface area contributed by atoms with Gasteiger partial charge in [0.1, 0.15) is 0 Å². The lowest BCUT2D eigenvalue weighted by molar-refractivity contribution is -0.122. The molecule has 0 saturated carbocycles. The van der Waals surface area contributed by atoms with Gasteiger partial charge in [0.25, 0.3) is 6.47 Å². The fourth-order valence-corrected chi connectivity index (χ4v) is 3.99. The third-order valence-electron chi connectivity index (χ3n) is 4.03. The van der Waals surface area contributed by atoms with Crippen molar-refractivity contribution in [1.29, 1.82) is 0 Å². The molecule has 0 saturated heterocycles. The quantitative estimate of drug-likeness (QED) is 0.421. The smallest absolute Gasteiger partial charge is 0.290 e. The molecule has 3 rings (SSSR count). The Balaban J connectivity index is 0.000000758. The molecule has 0 aliphatic heterocycles. The highest BCUT2D eigenvalue weighted by atomic mass is 32.1. The first-order chi connectivity index (χ1) is 12.5. The lowest BCUT2D eigenvalue weighted by Crippen LogP contribution is -2.21. The van der Waals surface area contributed by atoms with Crippen LogP contribution in [0.2, 0.25) is 0 Å². The first-order valence-corrected chi connectivity index (χ1v) is 8.72. The number of nitrogens with two attached hydrogens (primary N) is 2. The number of ether oxygens (including phenoxy) is 2. The topological polar surface area (TPSA) is 133 Å². The van der Waals surface area contributed by atoms with E-state index in [9.17, 15) is 0 Å². The van der Waals surface area contributed by atoms with Crippen molar-refractivity contribution >= 4 is 28.9 Å². The number of thiazole rings is 1. The van der Waals surface area contributed by atoms with Crippen molar-refractivity contribution in [3.05, 3.63) is 34.3 Å². The molecule has 1 aliphatic rings. The van der Waals surface area contributed by atoms with Crippen LogP contribution >= 0.6 is 11.3 Å². The number of aromatic nitrogens is 1. The van der Waals surface area contributed by atoms with Crippen LogP contribution in [0.25, 0.3) is 0 Å². The van der Waals surface area contributed by atoms with Crippen LogP contribution in [-0.2, 0) is 17.6 Å². The fraction of sp³-hybridized carbons (Fsp3) is 0.353. The minimum absolute atomic E-state index is 0.0486. The third-order valence-corrected chi connectivity index (χ3v) is 5.05. The number of hydrogen-bond acceptors (Lipinski definition) is 6. The summed E-state index contributed by atoms with van der Waals surface area (Å²) in [6.45, 7) is -0.250. The Labute approximate surface area is 155 Å². The molecule has 0 radical (unpaired) electrons. The number of carbonyl (C=O) groups is 1. The van der Waals surface area contributed by atoms with Gasteiger partial charge in [-0.2, -0.15) is 4.99 Å². The highest BCUT2D eigenvalue weighted by molar-refractivity contribution is 7.15. The Bertz CT molecular complexity index is 787. The second-order valence-electron chi connectivity index (χ2n) is 5.56. The second kappa shape index (κ2) is 9.04. The molecule has 1 atom stereocenters. The molecule has 1 aromatic heterocycles. The molecule has 0 bridgehead atoms. The van der Waals surface area contributed by atoms with Gasteiger partial charge in [-0.25, -0.2) is 4.98 Å². The molecule has 8 nitrogen and oxygen atoms in total. The zero-order valence-corrected chi connectivity index (χ0v) is 15.5. The molecular weight excluding hydrogens is 356 g/mol. The van der Waals surface area contributed by atoms with E-state index in [2.05, 4.69) is 22.1 Å². The number of benzene rings is 1. The Morgan fingerprint density at radius 2 is 2.04 bits per heavy atom. The van der Waals surface area contributed by atoms with Gasteiger partial charge in [-0.05, 0) is 42.9 Å². The largest absolute Gasteiger partial charge is 0.493 e. The van der Waals surface area contributed by atoms with E-state index in [0.717, 1.165) is 36.5 Å². The van der Waals surface area contributed by atoms with Gasteiger partial charge < -0.3 is 26.0 Å². The lowest BCUT2D eigenvalue weighted by Gasteiger charge is -2.22. The Hall–Kier alpha value is -2.81. The third kappa shape index (κ3) is 4.63. The molecular formula is C17H22N4O4S. The maximum atomic E-state index is 8.36. The summed E-state index contributed by atoms with van der Waals surface area (Å²) in [7, 11) is 3.30. The zero-order valence-electron chi connectivity index (χ0n) is 14.6. The van der Waals surface area contributed by atoms with Crippen molar-refractivity contribution in [1.82, 2.24) is 4.98 Å². The first kappa shape index (κ1) is 19.5. The maximum Gasteiger partial charge on any atom is 0.290 e. The molecule has 0 spiro atoms. The van der Waals surface area contributed by atoms with Crippen LogP contribution in [0.5, 0.6) is 11.5 Å². The van der Waals surface area contributed by atoms with Crippen LogP contribution in [0, 0.1) is 0 Å². The van der Waals surface area contributed by atoms with Crippen molar-refractivity contribution in [2.45, 2.75) is 25.2 Å². The van der Waals surface area contributed by atoms with Gasteiger partial charge in [-0.3, -0.25) is 4.79 Å². The lowest BCUT2D eigenvalue weighted by atomic mass is 9.85. The van der Waals surface area contributed by atoms with E-state index in [0.29, 0.717) is 11.0 Å². The van der Waals surface area contributed by atoms with Gasteiger partial charge in [0.05, 0.1) is 19.9 Å². The minimum Gasteiger partial charge on any atom is -0.493 e. The number of hydrogen-bond donors (Lipinski definition) is 3. The fourth-order valence-electron chi connectivity index (χ4n) is 2.91. The van der Waals surface area contributed by atoms with Crippen LogP contribution in [0.1, 0.15) is 28.5 Å². The van der Waals surface area contributed by atoms with Gasteiger partial charge in [0.15, 0.2) is 17.5 Å². The van der Waals surface area contributed by atoms with Crippen LogP contribution in [0.15, 0.2) is 23.2 Å². The van der Waals surface area contributed by atoms with Gasteiger partial charge in [-0.15, -0.1) is 0 Å². The number of aliphatic imine (C=N–C) groups is 1. The molecule has 2 aromatic rings. The van der Waals surface area contributed by atoms with E-state index in [-0.39, 0.29) is 12.4 Å². The number of nitrogens with zero attached hydrogens (tertiary/aromatic N) is 2. The maximum absolute atomic E-state index is 8.36. The van der Waals surface area contributed by atoms with Crippen molar-refractivity contribution < 1.29 is 19.4 Å². The number of fused-ring (bicyclic) bond motifs is 1. The van der Waals surface area contributed by atoms with Crippen molar-refractivity contribution in [2.24, 2.45) is 16.5 Å². The standard InChI is InChI=1S/C16H20N4O2S.CH2O2/c1-21-12-6-4-9(7-13(12)22-2)10-3-5-11-14(8-10)23-16(19-11)20-15(17)18;2-1-3/h4,6-7,10H,3,5,8H2,1-2H3,(H4,17,18,19,20);1H,(H,2,3). The normalized spacial score (nSPS) is 15.1. The molecule has 1 unspecified atom stereocenters. The van der Waals surface area contributed by atoms with Crippen molar-refractivity contribution in [3.63, 3.8) is 0 Å². The predicted molar refractivity (Wildman–Crippen MR) is 101 cm³/mol. The summed E-state index contributed by atoms with van der Waals surface area (Å²) in [5.41, 5.74) is 13.2. The number of methoxy groups -OCH3 is 2. The van der Waals surface area contributed by atoms with E-state index in [1.165, 1.54) is 10.4 Å². The summed E-state index contributed by atoms with van der Waals surface area (Å²) in [5.74, 6) is 2.00. The van der Waals surface area contributed by atoms with E-state index >= 15 is 0 Å². The monoisotopic (exact) mass is 378 g/mol. The van der Waals surface area contributed by atoms with E-state index in [1.807, 2.05) is 6.07 Å². The van der Waals surface area contributed by atoms with Gasteiger partial charge in [0.2, 0.25) is 5.13 Å². The molecule has 0 amide bonds. The SMILES string of the molecule is COc1ccc(C2CCc3nc(N=C(N)N)sc3C2)cc1OC.O=CO. The molecule has 26 heavy (non-hydrogen) atoms. The highest BCUT2D eigenvalue weighted by Gasteiger charge is 2.24. The summed E-state index contributed by atoms with van der Waals surface area (Å²) in [6.07, 6.45) is 2.93. The highest BCUT2D eigenvalue weighted by Crippen LogP contribution is 2.39. The number of rotatable bonds is 4. The molecule has 140 valence electrons. The van der Waals surface area contributed by atoms with Crippen LogP contribution < -0.4 is 20.9 Å². The van der Waals surface area contributed by atoms with Crippen molar-refractivity contribution in [3.8, 4) is 11.5 Å². The summed E-state index contributed by atoms with van der Waals surface area (Å²) in [5, 5.41) is 7.53. The number of aryl methyl sites for hydroxylation is 1. The minimum atomic E-state index is -0.250. The van der Waals surface area contributed by atoms with Gasteiger partial charge in [-0.1, -0.05) is 17.4 Å². The molecule has 1 heterocycles. The molecule has 1 aromatic carbocycles. The van der Waals surface area contributed by atoms with E-state index in [1.54, 1.807) is 25.6 Å². The van der Waals surface area contributed by atoms with Crippen LogP contribution in [0.3, 0.4) is 0 Å². The molecule has 0 fully saturated rings. The van der Waals surface area contributed by atoms with Gasteiger partial charge >= 0.3 is 0 Å². The summed E-state index contributed by atoms with van der Waals surface area (Å²) in [4.78, 5) is 18.2. The van der Waals surface area contributed by atoms with E-state index < -0.39 is 0 Å². The molecule has 9 heteroatoms. The number of carboxylic acid groups (broad SMARTS) is 1. The van der Waals surface area contributed by atoms with Crippen LogP contribution in [0.4, 0.5) is 5.13 Å². The first-order valence-electron chi connectivity index (χ1n) is 7.90. The average Bonchev–Trinajstić information content (AvgIpc) is 3.02. The van der Waals surface area contributed by atoms with Crippen molar-refractivity contribution in [2.75, 3.05) is 14.2 Å². The van der Waals surface area contributed by atoms with Crippen LogP contribution in [-0.4, -0.2) is 36.7 Å². The van der Waals surface area contributed by atoms with Gasteiger partial charge in [0, 0.05) is 4.88 Å². The average molecular weight is 378 g/mol. The van der Waals surface area contributed by atoms with E-state index in [4.69, 9.17) is 30.8 Å². The summed E-state index contributed by atoms with van der Waals surface area (Å²) < 4.78 is 10.7. The predicted octanol–water partition coefficient (Wildman–Crippen LogP) is 2.04. The Kier molecular flexibility index (Phi) is 6.79. The summed E-state index contributed by atoms with van der Waals surface area (Å²) in [6, 6.07) is 6.13. The molecule has 5 N–H and O–H groups in total. The Morgan fingerprint density at radius 1 is 1.35 bits per heavy atom. The second-order valence-corrected chi connectivity index (χ2v) is 6.62. The summed E-state index contributed by atoms with van der Waals surface area (Å²) >= 11 is 1.57. The Morgan fingerprint density at radius 3 is 2.65 bits per heavy atom. The number of guanidine groups is 1. The zero-order chi connectivity index (χ0) is 19.1.